The predicted molar refractivity (Wildman–Crippen MR) is 58.3 cm³/mol. The number of carbonyl (C=O) groups is 2. The maximum Gasteiger partial charge on any atom is 0.313 e. The fraction of sp³-hybridized carbons (Fsp3) is 0.846. The van der Waals surface area contributed by atoms with Gasteiger partial charge in [0.05, 0.1) is 19.1 Å². The molecule has 0 aromatic rings. The van der Waals surface area contributed by atoms with Gasteiger partial charge < -0.3 is 14.2 Å². The molecule has 5 nitrogen and oxygen atoms in total. The minimum absolute atomic E-state index is 0.0346. The van der Waals surface area contributed by atoms with Gasteiger partial charge in [-0.25, -0.2) is 0 Å². The third kappa shape index (κ3) is 0.799. The molecule has 0 bridgehead atoms. The highest BCUT2D eigenvalue weighted by Crippen LogP contribution is 2.82. The van der Waals surface area contributed by atoms with Crippen LogP contribution in [-0.2, 0) is 23.8 Å². The first kappa shape index (κ1) is 10.9. The number of hydrogen-bond acceptors (Lipinski definition) is 5. The Hall–Kier alpha value is -0.940. The molecule has 0 amide bonds. The summed E-state index contributed by atoms with van der Waals surface area (Å²) < 4.78 is 16.1. The standard InChI is InChI=1S/C13H16O5/c1-16-11(15)12-7-5-6-3-4-18-13(17-2,9(6)12)10(14)8(7)12/h6-9H,3-5H2,1-2H3/t6-,7-,8-,9-,12+,13-/m1/s1. The third-order valence-electron chi connectivity index (χ3n) is 5.65. The normalized spacial score (nSPS) is 55.3. The maximum atomic E-state index is 12.5. The highest BCUT2D eigenvalue weighted by molar-refractivity contribution is 6.05. The minimum atomic E-state index is -1.17. The maximum absolute atomic E-state index is 12.5. The quantitative estimate of drug-likeness (QED) is 0.665. The molecule has 4 rings (SSSR count). The number of carbonyl (C=O) groups excluding carboxylic acids is 2. The second-order valence-corrected chi connectivity index (χ2v) is 5.86. The van der Waals surface area contributed by atoms with Crippen molar-refractivity contribution in [1.82, 2.24) is 0 Å². The van der Waals surface area contributed by atoms with Crippen molar-refractivity contribution in [3.05, 3.63) is 0 Å². The summed E-state index contributed by atoms with van der Waals surface area (Å²) in [5.41, 5.74) is -0.632. The number of fused-ring (bicyclic) bond motifs is 1. The van der Waals surface area contributed by atoms with E-state index in [-0.39, 0.29) is 29.5 Å². The van der Waals surface area contributed by atoms with Crippen molar-refractivity contribution in [3.63, 3.8) is 0 Å². The fourth-order valence-corrected chi connectivity index (χ4v) is 5.16. The molecule has 0 aromatic heterocycles. The molecule has 0 N–H and O–H groups in total. The molecular weight excluding hydrogens is 236 g/mol. The number of Topliss-reactive ketones (excluding diaryl/α,β-unsaturated/α-hetero) is 1. The van der Waals surface area contributed by atoms with E-state index in [0.717, 1.165) is 12.8 Å². The summed E-state index contributed by atoms with van der Waals surface area (Å²) in [6.07, 6.45) is 1.84. The van der Waals surface area contributed by atoms with Crippen LogP contribution >= 0.6 is 0 Å². The number of methoxy groups -OCH3 is 2. The topological polar surface area (TPSA) is 61.8 Å². The lowest BCUT2D eigenvalue weighted by Crippen LogP contribution is -2.53. The van der Waals surface area contributed by atoms with Gasteiger partial charge in [-0.1, -0.05) is 0 Å². The lowest BCUT2D eigenvalue weighted by atomic mass is 9.78. The molecule has 0 radical (unpaired) electrons. The zero-order chi connectivity index (χ0) is 12.7. The Morgan fingerprint density at radius 3 is 2.89 bits per heavy atom. The molecule has 0 unspecified atom stereocenters. The Balaban J connectivity index is 1.87. The largest absolute Gasteiger partial charge is 0.469 e. The van der Waals surface area contributed by atoms with Gasteiger partial charge in [-0.05, 0) is 24.7 Å². The van der Waals surface area contributed by atoms with Crippen molar-refractivity contribution >= 4 is 11.8 Å². The number of rotatable bonds is 2. The molecule has 0 aromatic carbocycles. The molecule has 98 valence electrons. The monoisotopic (exact) mass is 252 g/mol. The Morgan fingerprint density at radius 2 is 2.22 bits per heavy atom. The average molecular weight is 252 g/mol. The van der Waals surface area contributed by atoms with Crippen molar-refractivity contribution in [3.8, 4) is 0 Å². The number of ether oxygens (including phenoxy) is 3. The van der Waals surface area contributed by atoms with Crippen LogP contribution in [0.2, 0.25) is 0 Å². The summed E-state index contributed by atoms with van der Waals surface area (Å²) in [6, 6.07) is 0. The summed E-state index contributed by atoms with van der Waals surface area (Å²) >= 11 is 0. The summed E-state index contributed by atoms with van der Waals surface area (Å²) in [5.74, 6) is -1.31. The van der Waals surface area contributed by atoms with Crippen LogP contribution in [-0.4, -0.2) is 38.4 Å². The van der Waals surface area contributed by atoms with Crippen LogP contribution in [0.15, 0.2) is 0 Å². The number of ketones is 1. The Kier molecular flexibility index (Phi) is 1.80. The molecule has 5 heteroatoms. The Bertz CT molecular complexity index is 460. The summed E-state index contributed by atoms with van der Waals surface area (Å²) in [5, 5.41) is 0. The zero-order valence-corrected chi connectivity index (χ0v) is 10.5. The Morgan fingerprint density at radius 1 is 1.44 bits per heavy atom. The molecular formula is C13H16O5. The van der Waals surface area contributed by atoms with E-state index in [0.29, 0.717) is 12.5 Å². The number of hydrogen-bond donors (Lipinski definition) is 0. The van der Waals surface area contributed by atoms with Crippen LogP contribution in [0.1, 0.15) is 12.8 Å². The molecule has 0 spiro atoms. The van der Waals surface area contributed by atoms with E-state index < -0.39 is 11.2 Å². The van der Waals surface area contributed by atoms with E-state index in [1.54, 1.807) is 0 Å². The van der Waals surface area contributed by atoms with Crippen LogP contribution in [0.25, 0.3) is 0 Å². The van der Waals surface area contributed by atoms with E-state index in [9.17, 15) is 9.59 Å². The molecule has 3 saturated carbocycles. The SMILES string of the molecule is COC(=O)[C@@]12[C@@H]3C[C@H]4CCO[C@@](OC)(C(=O)[C@@H]31)[C@H]42. The van der Waals surface area contributed by atoms with Gasteiger partial charge in [-0.2, -0.15) is 0 Å². The highest BCUT2D eigenvalue weighted by atomic mass is 16.7. The van der Waals surface area contributed by atoms with Crippen molar-refractivity contribution < 1.29 is 23.8 Å². The first-order valence-electron chi connectivity index (χ1n) is 6.46. The van der Waals surface area contributed by atoms with Crippen LogP contribution in [0.4, 0.5) is 0 Å². The first-order valence-corrected chi connectivity index (χ1v) is 6.46. The molecule has 3 aliphatic carbocycles. The molecule has 6 atom stereocenters. The average Bonchev–Trinajstić information content (AvgIpc) is 2.82. The van der Waals surface area contributed by atoms with Gasteiger partial charge in [0.25, 0.3) is 0 Å². The minimum Gasteiger partial charge on any atom is -0.469 e. The van der Waals surface area contributed by atoms with Gasteiger partial charge in [0.15, 0.2) is 5.78 Å². The van der Waals surface area contributed by atoms with Gasteiger partial charge in [0, 0.05) is 18.9 Å². The second kappa shape index (κ2) is 2.96. The zero-order valence-electron chi connectivity index (χ0n) is 10.5. The van der Waals surface area contributed by atoms with Gasteiger partial charge in [-0.15, -0.1) is 0 Å². The molecule has 1 aliphatic heterocycles. The molecule has 1 heterocycles. The van der Waals surface area contributed by atoms with Crippen molar-refractivity contribution in [2.75, 3.05) is 20.8 Å². The summed E-state index contributed by atoms with van der Waals surface area (Å²) in [4.78, 5) is 24.7. The van der Waals surface area contributed by atoms with Crippen molar-refractivity contribution in [2.24, 2.45) is 29.1 Å². The summed E-state index contributed by atoms with van der Waals surface area (Å²) in [7, 11) is 2.90. The summed E-state index contributed by atoms with van der Waals surface area (Å²) in [6.45, 7) is 0.539. The molecule has 18 heavy (non-hydrogen) atoms. The number of esters is 1. The van der Waals surface area contributed by atoms with E-state index in [4.69, 9.17) is 14.2 Å². The van der Waals surface area contributed by atoms with Crippen LogP contribution < -0.4 is 0 Å². The van der Waals surface area contributed by atoms with E-state index in [2.05, 4.69) is 0 Å². The van der Waals surface area contributed by atoms with Crippen molar-refractivity contribution in [1.29, 1.82) is 0 Å². The molecule has 4 aliphatic rings. The van der Waals surface area contributed by atoms with Crippen LogP contribution in [0.5, 0.6) is 0 Å². The van der Waals surface area contributed by atoms with Crippen molar-refractivity contribution in [2.45, 2.75) is 18.6 Å². The van der Waals surface area contributed by atoms with E-state index in [1.807, 2.05) is 0 Å². The predicted octanol–water partition coefficient (Wildman–Crippen LogP) is 0.374. The van der Waals surface area contributed by atoms with Gasteiger partial charge in [-0.3, -0.25) is 9.59 Å². The first-order chi connectivity index (χ1) is 8.64. The lowest BCUT2D eigenvalue weighted by molar-refractivity contribution is -0.263. The van der Waals surface area contributed by atoms with Crippen LogP contribution in [0.3, 0.4) is 0 Å². The smallest absolute Gasteiger partial charge is 0.313 e. The van der Waals surface area contributed by atoms with Crippen LogP contribution in [0, 0.1) is 29.1 Å². The van der Waals surface area contributed by atoms with Gasteiger partial charge in [0.2, 0.25) is 5.79 Å². The third-order valence-corrected chi connectivity index (χ3v) is 5.65. The molecule has 1 saturated heterocycles. The van der Waals surface area contributed by atoms with E-state index in [1.165, 1.54) is 14.2 Å². The van der Waals surface area contributed by atoms with Gasteiger partial charge in [0.1, 0.15) is 0 Å². The second-order valence-electron chi connectivity index (χ2n) is 5.86. The highest BCUT2D eigenvalue weighted by Gasteiger charge is 2.92. The molecule has 4 fully saturated rings. The van der Waals surface area contributed by atoms with Gasteiger partial charge >= 0.3 is 5.97 Å². The Labute approximate surface area is 105 Å². The lowest BCUT2D eigenvalue weighted by Gasteiger charge is -2.41. The van der Waals surface area contributed by atoms with E-state index >= 15 is 0 Å². The fourth-order valence-electron chi connectivity index (χ4n) is 5.16.